The molecule has 2 aliphatic rings. The molecule has 0 radical (unpaired) electrons. The Morgan fingerprint density at radius 1 is 1.38 bits per heavy atom. The second-order valence-corrected chi connectivity index (χ2v) is 7.19. The number of nitrogens with two attached hydrogens (primary N) is 1. The van der Waals surface area contributed by atoms with E-state index in [-0.39, 0.29) is 0 Å². The number of amides is 1. The molecule has 3 atom stereocenters. The minimum Gasteiger partial charge on any atom is -0.342 e. The van der Waals surface area contributed by atoms with Gasteiger partial charge in [0.2, 0.25) is 5.91 Å². The van der Waals surface area contributed by atoms with Crippen molar-refractivity contribution < 1.29 is 4.79 Å². The summed E-state index contributed by atoms with van der Waals surface area (Å²) in [4.78, 5) is 18.6. The Bertz CT molecular complexity index is 482. The van der Waals surface area contributed by atoms with Crippen LogP contribution in [0.25, 0.3) is 0 Å². The zero-order chi connectivity index (χ0) is 14.7. The SMILES string of the molecule is NC1CCC2CN(C(=O)CCSCc3ccccn3)CC12. The lowest BCUT2D eigenvalue weighted by atomic mass is 9.98. The molecule has 1 aliphatic carbocycles. The summed E-state index contributed by atoms with van der Waals surface area (Å²) >= 11 is 1.78. The minimum atomic E-state index is 0.296. The number of nitrogens with zero attached hydrogens (tertiary/aromatic N) is 2. The highest BCUT2D eigenvalue weighted by Crippen LogP contribution is 2.37. The third-order valence-corrected chi connectivity index (χ3v) is 5.69. The zero-order valence-electron chi connectivity index (χ0n) is 12.3. The molecule has 3 unspecified atom stereocenters. The van der Waals surface area contributed by atoms with Crippen LogP contribution in [-0.4, -0.2) is 40.7 Å². The Labute approximate surface area is 130 Å². The van der Waals surface area contributed by atoms with Crippen LogP contribution in [0.15, 0.2) is 24.4 Å². The molecular formula is C16H23N3OS. The van der Waals surface area contributed by atoms with Crippen LogP contribution in [0.3, 0.4) is 0 Å². The third-order valence-electron chi connectivity index (χ3n) is 4.70. The quantitative estimate of drug-likeness (QED) is 0.844. The number of hydrogen-bond donors (Lipinski definition) is 1. The van der Waals surface area contributed by atoms with Gasteiger partial charge < -0.3 is 10.6 Å². The first-order chi connectivity index (χ1) is 10.2. The van der Waals surface area contributed by atoms with E-state index in [1.807, 2.05) is 29.3 Å². The van der Waals surface area contributed by atoms with E-state index < -0.39 is 0 Å². The summed E-state index contributed by atoms with van der Waals surface area (Å²) in [5.74, 6) is 3.25. The molecule has 114 valence electrons. The van der Waals surface area contributed by atoms with Crippen molar-refractivity contribution in [3.8, 4) is 0 Å². The van der Waals surface area contributed by atoms with Crippen molar-refractivity contribution in [3.05, 3.63) is 30.1 Å². The molecule has 2 N–H and O–H groups in total. The fourth-order valence-electron chi connectivity index (χ4n) is 3.49. The van der Waals surface area contributed by atoms with Crippen molar-refractivity contribution >= 4 is 17.7 Å². The fourth-order valence-corrected chi connectivity index (χ4v) is 4.33. The van der Waals surface area contributed by atoms with Gasteiger partial charge in [0.25, 0.3) is 0 Å². The van der Waals surface area contributed by atoms with Gasteiger partial charge in [0, 0.05) is 43.3 Å². The largest absolute Gasteiger partial charge is 0.342 e. The highest BCUT2D eigenvalue weighted by Gasteiger charge is 2.42. The average molecular weight is 305 g/mol. The lowest BCUT2D eigenvalue weighted by Gasteiger charge is -2.18. The fraction of sp³-hybridized carbons (Fsp3) is 0.625. The minimum absolute atomic E-state index is 0.296. The lowest BCUT2D eigenvalue weighted by molar-refractivity contribution is -0.130. The molecule has 1 aromatic rings. The van der Waals surface area contributed by atoms with Crippen LogP contribution in [0.2, 0.25) is 0 Å². The predicted octanol–water partition coefficient (Wildman–Crippen LogP) is 1.90. The maximum Gasteiger partial charge on any atom is 0.223 e. The summed E-state index contributed by atoms with van der Waals surface area (Å²) in [6, 6.07) is 6.26. The van der Waals surface area contributed by atoms with Gasteiger partial charge in [-0.25, -0.2) is 0 Å². The van der Waals surface area contributed by atoms with Gasteiger partial charge in [-0.1, -0.05) is 6.07 Å². The van der Waals surface area contributed by atoms with Gasteiger partial charge in [-0.15, -0.1) is 0 Å². The number of likely N-dealkylation sites (tertiary alicyclic amines) is 1. The summed E-state index contributed by atoms with van der Waals surface area (Å²) in [5.41, 5.74) is 7.20. The van der Waals surface area contributed by atoms with Gasteiger partial charge in [-0.3, -0.25) is 9.78 Å². The van der Waals surface area contributed by atoms with E-state index in [4.69, 9.17) is 5.73 Å². The van der Waals surface area contributed by atoms with E-state index in [1.165, 1.54) is 6.42 Å². The number of pyridine rings is 1. The van der Waals surface area contributed by atoms with E-state index in [0.29, 0.717) is 30.2 Å². The molecule has 4 nitrogen and oxygen atoms in total. The predicted molar refractivity (Wildman–Crippen MR) is 85.8 cm³/mol. The number of carbonyl (C=O) groups excluding carboxylic acids is 1. The molecule has 1 aromatic heterocycles. The molecule has 1 aliphatic heterocycles. The molecular weight excluding hydrogens is 282 g/mol. The van der Waals surface area contributed by atoms with Gasteiger partial charge in [0.15, 0.2) is 0 Å². The Kier molecular flexibility index (Phi) is 4.80. The summed E-state index contributed by atoms with van der Waals surface area (Å²) in [6.45, 7) is 1.82. The van der Waals surface area contributed by atoms with Gasteiger partial charge in [-0.05, 0) is 36.8 Å². The first kappa shape index (κ1) is 14.9. The number of thioether (sulfide) groups is 1. The first-order valence-electron chi connectivity index (χ1n) is 7.75. The van der Waals surface area contributed by atoms with Crippen LogP contribution in [0, 0.1) is 11.8 Å². The van der Waals surface area contributed by atoms with E-state index >= 15 is 0 Å². The van der Waals surface area contributed by atoms with Crippen LogP contribution in [0.1, 0.15) is 25.0 Å². The van der Waals surface area contributed by atoms with E-state index in [1.54, 1.807) is 11.8 Å². The van der Waals surface area contributed by atoms with Crippen molar-refractivity contribution in [2.24, 2.45) is 17.6 Å². The second-order valence-electron chi connectivity index (χ2n) is 6.09. The third kappa shape index (κ3) is 3.58. The number of hydrogen-bond acceptors (Lipinski definition) is 4. The van der Waals surface area contributed by atoms with E-state index in [0.717, 1.165) is 36.7 Å². The second kappa shape index (κ2) is 6.79. The highest BCUT2D eigenvalue weighted by molar-refractivity contribution is 7.98. The molecule has 0 spiro atoms. The van der Waals surface area contributed by atoms with Gasteiger partial charge >= 0.3 is 0 Å². The van der Waals surface area contributed by atoms with Crippen LogP contribution < -0.4 is 5.73 Å². The zero-order valence-corrected chi connectivity index (χ0v) is 13.1. The molecule has 1 amide bonds. The van der Waals surface area contributed by atoms with Crippen molar-refractivity contribution in [2.75, 3.05) is 18.8 Å². The van der Waals surface area contributed by atoms with Gasteiger partial charge in [0.1, 0.15) is 0 Å². The molecule has 21 heavy (non-hydrogen) atoms. The Hall–Kier alpha value is -1.07. The summed E-state index contributed by atoms with van der Waals surface area (Å²) in [7, 11) is 0. The van der Waals surface area contributed by atoms with E-state index in [2.05, 4.69) is 4.98 Å². The molecule has 2 heterocycles. The smallest absolute Gasteiger partial charge is 0.223 e. The van der Waals surface area contributed by atoms with Crippen LogP contribution >= 0.6 is 11.8 Å². The van der Waals surface area contributed by atoms with Crippen molar-refractivity contribution in [2.45, 2.75) is 31.1 Å². The van der Waals surface area contributed by atoms with Crippen molar-refractivity contribution in [3.63, 3.8) is 0 Å². The monoisotopic (exact) mass is 305 g/mol. The Balaban J connectivity index is 1.37. The van der Waals surface area contributed by atoms with Gasteiger partial charge in [0.05, 0.1) is 5.69 Å². The maximum atomic E-state index is 12.3. The lowest BCUT2D eigenvalue weighted by Crippen LogP contribution is -2.33. The number of carbonyl (C=O) groups is 1. The number of aromatic nitrogens is 1. The highest BCUT2D eigenvalue weighted by atomic mass is 32.2. The maximum absolute atomic E-state index is 12.3. The molecule has 3 rings (SSSR count). The topological polar surface area (TPSA) is 59.2 Å². The van der Waals surface area contributed by atoms with E-state index in [9.17, 15) is 4.79 Å². The van der Waals surface area contributed by atoms with Crippen LogP contribution in [-0.2, 0) is 10.5 Å². The molecule has 1 saturated carbocycles. The summed E-state index contributed by atoms with van der Waals surface area (Å²) < 4.78 is 0. The first-order valence-corrected chi connectivity index (χ1v) is 8.90. The molecule has 0 aromatic carbocycles. The van der Waals surface area contributed by atoms with Gasteiger partial charge in [-0.2, -0.15) is 11.8 Å². The molecule has 1 saturated heterocycles. The number of rotatable bonds is 5. The van der Waals surface area contributed by atoms with Crippen LogP contribution in [0.4, 0.5) is 0 Å². The standard InChI is InChI=1S/C16H23N3OS/c17-15-5-4-12-9-19(10-14(12)15)16(20)6-8-21-11-13-3-1-2-7-18-13/h1-3,7,12,14-15H,4-6,8-11,17H2. The Morgan fingerprint density at radius 2 is 2.29 bits per heavy atom. The summed E-state index contributed by atoms with van der Waals surface area (Å²) in [5, 5.41) is 0. The number of fused-ring (bicyclic) bond motifs is 1. The Morgan fingerprint density at radius 3 is 3.05 bits per heavy atom. The van der Waals surface area contributed by atoms with Crippen LogP contribution in [0.5, 0.6) is 0 Å². The molecule has 0 bridgehead atoms. The average Bonchev–Trinajstić information content (AvgIpc) is 3.07. The molecule has 5 heteroatoms. The normalized spacial score (nSPS) is 27.9. The van der Waals surface area contributed by atoms with Crippen molar-refractivity contribution in [1.82, 2.24) is 9.88 Å². The molecule has 2 fully saturated rings. The summed E-state index contributed by atoms with van der Waals surface area (Å²) in [6.07, 6.45) is 4.78. The van der Waals surface area contributed by atoms with Crippen molar-refractivity contribution in [1.29, 1.82) is 0 Å².